The zero-order chi connectivity index (χ0) is 22.2. The van der Waals surface area contributed by atoms with Crippen molar-refractivity contribution in [3.63, 3.8) is 0 Å². The molecule has 1 aromatic rings. The Kier molecular flexibility index (Phi) is 12.8. The summed E-state index contributed by atoms with van der Waals surface area (Å²) in [6, 6.07) is 4.21. The number of hydrogen-bond donors (Lipinski definition) is 2. The van der Waals surface area contributed by atoms with E-state index in [2.05, 4.69) is 29.4 Å². The van der Waals surface area contributed by atoms with Crippen LogP contribution in [-0.4, -0.2) is 24.4 Å². The third-order valence-corrected chi connectivity index (χ3v) is 5.10. The van der Waals surface area contributed by atoms with E-state index < -0.39 is 6.04 Å². The van der Waals surface area contributed by atoms with Gasteiger partial charge in [-0.2, -0.15) is 0 Å². The lowest BCUT2D eigenvalue weighted by Crippen LogP contribution is -2.45. The van der Waals surface area contributed by atoms with E-state index in [9.17, 15) is 9.59 Å². The molecule has 0 saturated carbocycles. The first-order valence-electron chi connectivity index (χ1n) is 11.2. The van der Waals surface area contributed by atoms with Crippen molar-refractivity contribution in [2.75, 3.05) is 6.54 Å². The maximum Gasteiger partial charge on any atom is 0.252 e. The lowest BCUT2D eigenvalue weighted by Gasteiger charge is -2.14. The number of hydrogen-bond acceptors (Lipinski definition) is 2. The number of benzene rings is 1. The monoisotopic (exact) mass is 408 g/mol. The number of terminal acetylenes is 2. The van der Waals surface area contributed by atoms with Crippen molar-refractivity contribution in [3.8, 4) is 24.7 Å². The lowest BCUT2D eigenvalue weighted by atomic mass is 10.1. The van der Waals surface area contributed by atoms with E-state index in [-0.39, 0.29) is 11.8 Å². The third kappa shape index (κ3) is 10.2. The molecule has 4 heteroatoms. The van der Waals surface area contributed by atoms with Crippen LogP contribution in [0.2, 0.25) is 0 Å². The number of amides is 2. The predicted octanol–water partition coefficient (Wildman–Crippen LogP) is 4.80. The Labute approximate surface area is 182 Å². The predicted molar refractivity (Wildman–Crippen MR) is 124 cm³/mol. The molecule has 0 heterocycles. The van der Waals surface area contributed by atoms with Crippen molar-refractivity contribution in [2.45, 2.75) is 84.1 Å². The number of carbonyl (C=O) groups excluding carboxylic acids is 2. The smallest absolute Gasteiger partial charge is 0.252 e. The van der Waals surface area contributed by atoms with E-state index in [0.29, 0.717) is 23.2 Å². The Hall–Kier alpha value is -2.72. The molecule has 0 spiro atoms. The Morgan fingerprint density at radius 1 is 0.867 bits per heavy atom. The van der Waals surface area contributed by atoms with Gasteiger partial charge in [0.15, 0.2) is 0 Å². The molecule has 162 valence electrons. The molecule has 1 rings (SSSR count). The number of carbonyl (C=O) groups is 2. The molecule has 30 heavy (non-hydrogen) atoms. The van der Waals surface area contributed by atoms with Crippen molar-refractivity contribution in [1.82, 2.24) is 10.6 Å². The van der Waals surface area contributed by atoms with Crippen LogP contribution in [0, 0.1) is 24.7 Å². The van der Waals surface area contributed by atoms with Gasteiger partial charge in [-0.25, -0.2) is 0 Å². The van der Waals surface area contributed by atoms with E-state index in [4.69, 9.17) is 12.8 Å². The van der Waals surface area contributed by atoms with Gasteiger partial charge in [0.25, 0.3) is 5.91 Å². The van der Waals surface area contributed by atoms with Crippen LogP contribution < -0.4 is 10.6 Å². The lowest BCUT2D eigenvalue weighted by molar-refractivity contribution is -0.122. The summed E-state index contributed by atoms with van der Waals surface area (Å²) in [5.41, 5.74) is 1.43. The topological polar surface area (TPSA) is 58.2 Å². The number of nitrogens with one attached hydrogen (secondary N) is 2. The van der Waals surface area contributed by atoms with Gasteiger partial charge in [0, 0.05) is 23.2 Å². The van der Waals surface area contributed by atoms with Crippen LogP contribution in [0.3, 0.4) is 0 Å². The molecule has 1 aromatic carbocycles. The first kappa shape index (κ1) is 25.3. The third-order valence-electron chi connectivity index (χ3n) is 5.10. The number of unbranched alkanes of at least 4 members (excludes halogenated alkanes) is 9. The molecule has 0 unspecified atom stereocenters. The van der Waals surface area contributed by atoms with Crippen LogP contribution in [0.25, 0.3) is 0 Å². The number of rotatable bonds is 14. The molecular weight excluding hydrogens is 372 g/mol. The quantitative estimate of drug-likeness (QED) is 0.343. The van der Waals surface area contributed by atoms with Gasteiger partial charge >= 0.3 is 0 Å². The summed E-state index contributed by atoms with van der Waals surface area (Å²) >= 11 is 0. The highest BCUT2D eigenvalue weighted by molar-refractivity contribution is 5.98. The summed E-state index contributed by atoms with van der Waals surface area (Å²) in [5.74, 6) is 4.40. The van der Waals surface area contributed by atoms with E-state index in [0.717, 1.165) is 12.8 Å². The van der Waals surface area contributed by atoms with Gasteiger partial charge in [0.2, 0.25) is 5.91 Å². The van der Waals surface area contributed by atoms with Crippen LogP contribution in [0.4, 0.5) is 0 Å². The first-order chi connectivity index (χ1) is 14.5. The molecule has 0 saturated heterocycles. The second-order valence-corrected chi connectivity index (χ2v) is 7.76. The van der Waals surface area contributed by atoms with Crippen LogP contribution in [0.1, 0.15) is 99.5 Å². The molecule has 0 aliphatic heterocycles. The van der Waals surface area contributed by atoms with Crippen molar-refractivity contribution in [3.05, 3.63) is 34.9 Å². The first-order valence-corrected chi connectivity index (χ1v) is 11.2. The average molecular weight is 409 g/mol. The standard InChI is InChI=1S/C26H36N2O2/c1-5-8-9-10-11-12-13-14-15-16-17-27-25(29)21(4)28-26(30)24-19-22(6-2)18-23(7-3)20-24/h2-3,18-21H,5,8-17H2,1,4H3,(H,27,29)(H,28,30)/t21-/m0/s1. The summed E-state index contributed by atoms with van der Waals surface area (Å²) in [5, 5.41) is 5.59. The zero-order valence-electron chi connectivity index (χ0n) is 18.6. The van der Waals surface area contributed by atoms with Gasteiger partial charge in [-0.15, -0.1) is 12.8 Å². The Balaban J connectivity index is 2.24. The fraction of sp³-hybridized carbons (Fsp3) is 0.538. The molecule has 0 bridgehead atoms. The molecule has 2 amide bonds. The molecular formula is C26H36N2O2. The summed E-state index contributed by atoms with van der Waals surface area (Å²) in [6.45, 7) is 4.53. The van der Waals surface area contributed by atoms with Crippen LogP contribution >= 0.6 is 0 Å². The minimum absolute atomic E-state index is 0.190. The van der Waals surface area contributed by atoms with Crippen molar-refractivity contribution < 1.29 is 9.59 Å². The van der Waals surface area contributed by atoms with Crippen molar-refractivity contribution in [2.24, 2.45) is 0 Å². The summed E-state index contributed by atoms with van der Waals surface area (Å²) in [7, 11) is 0. The maximum atomic E-state index is 12.4. The highest BCUT2D eigenvalue weighted by Gasteiger charge is 2.16. The molecule has 0 radical (unpaired) electrons. The van der Waals surface area contributed by atoms with E-state index in [1.807, 2.05) is 0 Å². The summed E-state index contributed by atoms with van der Waals surface area (Å²) in [6.07, 6.45) is 23.4. The van der Waals surface area contributed by atoms with E-state index >= 15 is 0 Å². The van der Waals surface area contributed by atoms with Crippen molar-refractivity contribution >= 4 is 11.8 Å². The van der Waals surface area contributed by atoms with Gasteiger partial charge in [-0.05, 0) is 31.5 Å². The van der Waals surface area contributed by atoms with Crippen LogP contribution in [-0.2, 0) is 4.79 Å². The van der Waals surface area contributed by atoms with Gasteiger partial charge < -0.3 is 10.6 Å². The molecule has 0 aliphatic carbocycles. The normalized spacial score (nSPS) is 11.2. The maximum absolute atomic E-state index is 12.4. The molecule has 0 aliphatic rings. The van der Waals surface area contributed by atoms with Gasteiger partial charge in [-0.1, -0.05) is 76.6 Å². The van der Waals surface area contributed by atoms with Gasteiger partial charge in [-0.3, -0.25) is 9.59 Å². The Morgan fingerprint density at radius 3 is 1.87 bits per heavy atom. The Bertz CT molecular complexity index is 723. The summed E-state index contributed by atoms with van der Waals surface area (Å²) < 4.78 is 0. The largest absolute Gasteiger partial charge is 0.354 e. The van der Waals surface area contributed by atoms with Gasteiger partial charge in [0.1, 0.15) is 6.04 Å². The summed E-state index contributed by atoms with van der Waals surface area (Å²) in [4.78, 5) is 24.7. The second-order valence-electron chi connectivity index (χ2n) is 7.76. The molecule has 4 nitrogen and oxygen atoms in total. The van der Waals surface area contributed by atoms with Gasteiger partial charge in [0.05, 0.1) is 0 Å². The Morgan fingerprint density at radius 2 is 1.37 bits per heavy atom. The molecule has 2 N–H and O–H groups in total. The SMILES string of the molecule is C#Cc1cc(C#C)cc(C(=O)N[C@@H](C)C(=O)NCCCCCCCCCCCC)c1. The van der Waals surface area contributed by atoms with Crippen LogP contribution in [0.15, 0.2) is 18.2 Å². The van der Waals surface area contributed by atoms with E-state index in [1.165, 1.54) is 51.4 Å². The molecule has 1 atom stereocenters. The minimum Gasteiger partial charge on any atom is -0.354 e. The molecule has 0 fully saturated rings. The van der Waals surface area contributed by atoms with Crippen molar-refractivity contribution in [1.29, 1.82) is 0 Å². The zero-order valence-corrected chi connectivity index (χ0v) is 18.6. The second kappa shape index (κ2) is 15.2. The fourth-order valence-electron chi connectivity index (χ4n) is 3.25. The fourth-order valence-corrected chi connectivity index (χ4v) is 3.25. The molecule has 0 aromatic heterocycles. The average Bonchev–Trinajstić information content (AvgIpc) is 2.76. The minimum atomic E-state index is -0.635. The van der Waals surface area contributed by atoms with Crippen LogP contribution in [0.5, 0.6) is 0 Å². The van der Waals surface area contributed by atoms with E-state index in [1.54, 1.807) is 25.1 Å². The highest BCUT2D eigenvalue weighted by Crippen LogP contribution is 2.11. The highest BCUT2D eigenvalue weighted by atomic mass is 16.2.